The molecule has 1 heterocycles. The van der Waals surface area contributed by atoms with Gasteiger partial charge in [-0.3, -0.25) is 4.79 Å². The third-order valence-electron chi connectivity index (χ3n) is 3.65. The smallest absolute Gasteiger partial charge is 0.222 e. The molecule has 3 nitrogen and oxygen atoms in total. The molecule has 0 aromatic carbocycles. The van der Waals surface area contributed by atoms with Crippen molar-refractivity contribution < 1.29 is 4.79 Å². The normalized spacial score (nSPS) is 26.2. The Kier molecular flexibility index (Phi) is 5.26. The summed E-state index contributed by atoms with van der Waals surface area (Å²) in [6.45, 7) is 8.42. The van der Waals surface area contributed by atoms with Crippen LogP contribution in [0.3, 0.4) is 0 Å². The highest BCUT2D eigenvalue weighted by molar-refractivity contribution is 5.76. The van der Waals surface area contributed by atoms with E-state index >= 15 is 0 Å². The molecule has 1 aliphatic rings. The van der Waals surface area contributed by atoms with Gasteiger partial charge in [-0.2, -0.15) is 0 Å². The Labute approximate surface area is 99.6 Å². The second-order valence-electron chi connectivity index (χ2n) is 5.27. The first kappa shape index (κ1) is 13.5. The lowest BCUT2D eigenvalue weighted by Crippen LogP contribution is -2.51. The lowest BCUT2D eigenvalue weighted by atomic mass is 9.85. The maximum absolute atomic E-state index is 11.9. The van der Waals surface area contributed by atoms with Gasteiger partial charge in [-0.1, -0.05) is 20.8 Å². The zero-order valence-corrected chi connectivity index (χ0v) is 11.1. The summed E-state index contributed by atoms with van der Waals surface area (Å²) in [7, 11) is 2.00. The van der Waals surface area contributed by atoms with Gasteiger partial charge in [0.05, 0.1) is 0 Å². The Morgan fingerprint density at radius 2 is 2.12 bits per heavy atom. The van der Waals surface area contributed by atoms with E-state index in [1.165, 1.54) is 6.42 Å². The van der Waals surface area contributed by atoms with Crippen LogP contribution in [-0.2, 0) is 4.79 Å². The first-order valence-corrected chi connectivity index (χ1v) is 6.53. The molecule has 1 rings (SSSR count). The second-order valence-corrected chi connectivity index (χ2v) is 5.27. The number of hydrogen-bond acceptors (Lipinski definition) is 2. The number of nitrogens with one attached hydrogen (secondary N) is 1. The van der Waals surface area contributed by atoms with Gasteiger partial charge in [-0.05, 0) is 31.7 Å². The fourth-order valence-electron chi connectivity index (χ4n) is 2.41. The fraction of sp³-hybridized carbons (Fsp3) is 0.923. The minimum absolute atomic E-state index is 0.327. The van der Waals surface area contributed by atoms with Crippen molar-refractivity contribution in [1.82, 2.24) is 10.2 Å². The van der Waals surface area contributed by atoms with Gasteiger partial charge in [-0.15, -0.1) is 0 Å². The van der Waals surface area contributed by atoms with Gasteiger partial charge in [-0.25, -0.2) is 0 Å². The monoisotopic (exact) mass is 226 g/mol. The van der Waals surface area contributed by atoms with E-state index in [1.54, 1.807) is 0 Å². The van der Waals surface area contributed by atoms with Crippen LogP contribution in [0, 0.1) is 11.8 Å². The molecular formula is C13H26N2O. The minimum Gasteiger partial charge on any atom is -0.341 e. The van der Waals surface area contributed by atoms with Crippen LogP contribution in [0.4, 0.5) is 0 Å². The summed E-state index contributed by atoms with van der Waals surface area (Å²) >= 11 is 0. The Hall–Kier alpha value is -0.570. The number of carbonyl (C=O) groups excluding carboxylic acids is 1. The second kappa shape index (κ2) is 6.24. The molecule has 0 saturated carbocycles. The van der Waals surface area contributed by atoms with Crippen LogP contribution in [0.15, 0.2) is 0 Å². The highest BCUT2D eigenvalue weighted by atomic mass is 16.2. The average molecular weight is 226 g/mol. The molecule has 0 aromatic heterocycles. The van der Waals surface area contributed by atoms with E-state index in [0.29, 0.717) is 30.2 Å². The summed E-state index contributed by atoms with van der Waals surface area (Å²) in [5.74, 6) is 1.63. The Morgan fingerprint density at radius 1 is 1.44 bits per heavy atom. The summed E-state index contributed by atoms with van der Waals surface area (Å²) in [5, 5.41) is 3.32. The fourth-order valence-corrected chi connectivity index (χ4v) is 2.41. The van der Waals surface area contributed by atoms with Crippen molar-refractivity contribution in [2.24, 2.45) is 11.8 Å². The third kappa shape index (κ3) is 3.48. The van der Waals surface area contributed by atoms with Gasteiger partial charge in [0, 0.05) is 25.6 Å². The molecule has 1 saturated heterocycles. The van der Waals surface area contributed by atoms with Gasteiger partial charge < -0.3 is 10.2 Å². The number of piperidine rings is 1. The topological polar surface area (TPSA) is 32.3 Å². The molecule has 1 fully saturated rings. The van der Waals surface area contributed by atoms with E-state index in [9.17, 15) is 4.79 Å². The van der Waals surface area contributed by atoms with Gasteiger partial charge >= 0.3 is 0 Å². The lowest BCUT2D eigenvalue weighted by molar-refractivity contribution is -0.133. The summed E-state index contributed by atoms with van der Waals surface area (Å²) in [6, 6.07) is 0.474. The number of hydrogen-bond donors (Lipinski definition) is 1. The number of carbonyl (C=O) groups is 1. The van der Waals surface area contributed by atoms with Crippen LogP contribution in [0.25, 0.3) is 0 Å². The van der Waals surface area contributed by atoms with E-state index in [-0.39, 0.29) is 0 Å². The van der Waals surface area contributed by atoms with Crippen molar-refractivity contribution in [2.75, 3.05) is 20.1 Å². The highest BCUT2D eigenvalue weighted by Crippen LogP contribution is 2.24. The van der Waals surface area contributed by atoms with Gasteiger partial charge in [0.1, 0.15) is 0 Å². The summed E-state index contributed by atoms with van der Waals surface area (Å²) in [5.41, 5.74) is 0. The molecule has 1 N–H and O–H groups in total. The number of nitrogens with zero attached hydrogens (tertiary/aromatic N) is 1. The quantitative estimate of drug-likeness (QED) is 0.794. The molecule has 16 heavy (non-hydrogen) atoms. The molecule has 0 aromatic rings. The molecule has 2 unspecified atom stereocenters. The lowest BCUT2D eigenvalue weighted by Gasteiger charge is -2.39. The van der Waals surface area contributed by atoms with E-state index < -0.39 is 0 Å². The Bertz CT molecular complexity index is 228. The Balaban J connectivity index is 2.60. The van der Waals surface area contributed by atoms with Crippen LogP contribution in [-0.4, -0.2) is 37.0 Å². The number of likely N-dealkylation sites (tertiary alicyclic amines) is 1. The summed E-state index contributed by atoms with van der Waals surface area (Å²) in [4.78, 5) is 14.0. The SMILES string of the molecule is CCCC(=O)N1CC(NC)CC(C(C)C)C1. The molecule has 0 radical (unpaired) electrons. The maximum Gasteiger partial charge on any atom is 0.222 e. The van der Waals surface area contributed by atoms with Gasteiger partial charge in [0.15, 0.2) is 0 Å². The van der Waals surface area contributed by atoms with Gasteiger partial charge in [0.25, 0.3) is 0 Å². The summed E-state index contributed by atoms with van der Waals surface area (Å²) < 4.78 is 0. The summed E-state index contributed by atoms with van der Waals surface area (Å²) in [6.07, 6.45) is 2.84. The van der Waals surface area contributed by atoms with Gasteiger partial charge in [0.2, 0.25) is 5.91 Å². The maximum atomic E-state index is 11.9. The van der Waals surface area contributed by atoms with Crippen LogP contribution < -0.4 is 5.32 Å². The predicted molar refractivity (Wildman–Crippen MR) is 67.3 cm³/mol. The molecule has 0 bridgehead atoms. The average Bonchev–Trinajstić information content (AvgIpc) is 2.28. The van der Waals surface area contributed by atoms with E-state index in [0.717, 1.165) is 19.5 Å². The van der Waals surface area contributed by atoms with Crippen LogP contribution in [0.5, 0.6) is 0 Å². The minimum atomic E-state index is 0.327. The van der Waals surface area contributed by atoms with Crippen LogP contribution >= 0.6 is 0 Å². The molecule has 1 amide bonds. The largest absolute Gasteiger partial charge is 0.341 e. The molecular weight excluding hydrogens is 200 g/mol. The van der Waals surface area contributed by atoms with Crippen molar-refractivity contribution in [1.29, 1.82) is 0 Å². The Morgan fingerprint density at radius 3 is 2.62 bits per heavy atom. The zero-order chi connectivity index (χ0) is 12.1. The number of amides is 1. The predicted octanol–water partition coefficient (Wildman–Crippen LogP) is 1.88. The van der Waals surface area contributed by atoms with Crippen molar-refractivity contribution in [3.05, 3.63) is 0 Å². The zero-order valence-electron chi connectivity index (χ0n) is 11.1. The van der Waals surface area contributed by atoms with Crippen molar-refractivity contribution >= 4 is 5.91 Å². The first-order valence-electron chi connectivity index (χ1n) is 6.53. The molecule has 2 atom stereocenters. The first-order chi connectivity index (χ1) is 7.58. The number of likely N-dealkylation sites (N-methyl/N-ethyl adjacent to an activating group) is 1. The number of rotatable bonds is 4. The van der Waals surface area contributed by atoms with E-state index in [4.69, 9.17) is 0 Å². The van der Waals surface area contributed by atoms with E-state index in [2.05, 4.69) is 31.0 Å². The molecule has 1 aliphatic heterocycles. The molecule has 0 aliphatic carbocycles. The van der Waals surface area contributed by atoms with Crippen LogP contribution in [0.1, 0.15) is 40.0 Å². The van der Waals surface area contributed by atoms with Crippen LogP contribution in [0.2, 0.25) is 0 Å². The molecule has 3 heteroatoms. The third-order valence-corrected chi connectivity index (χ3v) is 3.65. The highest BCUT2D eigenvalue weighted by Gasteiger charge is 2.30. The van der Waals surface area contributed by atoms with E-state index in [1.807, 2.05) is 7.05 Å². The van der Waals surface area contributed by atoms with Crippen molar-refractivity contribution in [2.45, 2.75) is 46.1 Å². The molecule has 0 spiro atoms. The van der Waals surface area contributed by atoms with Crippen molar-refractivity contribution in [3.63, 3.8) is 0 Å². The standard InChI is InChI=1S/C13H26N2O/c1-5-6-13(16)15-8-11(10(2)3)7-12(9-15)14-4/h10-12,14H,5-9H2,1-4H3. The van der Waals surface area contributed by atoms with Crippen molar-refractivity contribution in [3.8, 4) is 0 Å². The molecule has 94 valence electrons.